The van der Waals surface area contributed by atoms with Crippen molar-refractivity contribution < 1.29 is 19.4 Å². The van der Waals surface area contributed by atoms with Gasteiger partial charge in [0.05, 0.1) is 18.7 Å². The molecule has 6 heteroatoms. The van der Waals surface area contributed by atoms with Gasteiger partial charge in [-0.1, -0.05) is 71.7 Å². The third-order valence-corrected chi connectivity index (χ3v) is 7.53. The fraction of sp³-hybridized carbons (Fsp3) is 0.515. The molecule has 0 spiro atoms. The summed E-state index contributed by atoms with van der Waals surface area (Å²) in [6.07, 6.45) is 5.35. The van der Waals surface area contributed by atoms with Crippen LogP contribution in [0, 0.1) is 0 Å². The summed E-state index contributed by atoms with van der Waals surface area (Å²) in [7, 11) is 1.58. The number of rotatable bonds is 13. The number of aliphatic hydroxyl groups excluding tert-OH is 1. The maximum absolute atomic E-state index is 13.4. The number of Topliss-reactive ketones (excluding diaryl/α,β-unsaturated/α-hetero) is 1. The Labute approximate surface area is 234 Å². The molecule has 1 aliphatic heterocycles. The van der Waals surface area contributed by atoms with Crippen molar-refractivity contribution in [2.24, 2.45) is 0 Å². The van der Waals surface area contributed by atoms with E-state index in [4.69, 9.17) is 4.74 Å². The van der Waals surface area contributed by atoms with Crippen molar-refractivity contribution in [1.82, 2.24) is 9.80 Å². The molecule has 0 saturated carbocycles. The second-order valence-electron chi connectivity index (χ2n) is 11.5. The number of hydrogen-bond donors (Lipinski definition) is 1. The molecule has 2 aromatic rings. The smallest absolute Gasteiger partial charge is 0.295 e. The summed E-state index contributed by atoms with van der Waals surface area (Å²) in [6, 6.07) is 14.3. The number of unbranched alkanes of at least 4 members (excludes halogenated alkanes) is 2. The van der Waals surface area contributed by atoms with Gasteiger partial charge in [-0.15, -0.1) is 0 Å². The zero-order chi connectivity index (χ0) is 28.6. The number of carbonyl (C=O) groups is 2. The molecule has 6 nitrogen and oxygen atoms in total. The molecule has 3 rings (SSSR count). The van der Waals surface area contributed by atoms with Gasteiger partial charge in [-0.05, 0) is 79.7 Å². The summed E-state index contributed by atoms with van der Waals surface area (Å²) in [5.41, 5.74) is 2.59. The summed E-state index contributed by atoms with van der Waals surface area (Å²) in [5.74, 6) is -0.696. The number of amides is 1. The van der Waals surface area contributed by atoms with Gasteiger partial charge in [0.15, 0.2) is 0 Å². The van der Waals surface area contributed by atoms with Crippen LogP contribution in [0.15, 0.2) is 54.1 Å². The number of nitrogens with zero attached hydrogens (tertiary/aromatic N) is 2. The Morgan fingerprint density at radius 1 is 0.897 bits per heavy atom. The van der Waals surface area contributed by atoms with Crippen LogP contribution in [0.4, 0.5) is 0 Å². The third kappa shape index (κ3) is 7.51. The first-order valence-electron chi connectivity index (χ1n) is 14.4. The summed E-state index contributed by atoms with van der Waals surface area (Å²) < 4.78 is 5.24. The Hall–Kier alpha value is -3.12. The average Bonchev–Trinajstić information content (AvgIpc) is 3.18. The summed E-state index contributed by atoms with van der Waals surface area (Å²) in [6.45, 7) is 14.3. The highest BCUT2D eigenvalue weighted by Gasteiger charge is 2.45. The molecule has 1 atom stereocenters. The first kappa shape index (κ1) is 30.4. The van der Waals surface area contributed by atoms with Crippen molar-refractivity contribution in [3.05, 3.63) is 70.8 Å². The van der Waals surface area contributed by atoms with E-state index in [1.54, 1.807) is 36.3 Å². The van der Waals surface area contributed by atoms with E-state index in [0.29, 0.717) is 17.9 Å². The van der Waals surface area contributed by atoms with Gasteiger partial charge in [-0.25, -0.2) is 0 Å². The number of likely N-dealkylation sites (tertiary alicyclic amines) is 1. The maximum atomic E-state index is 13.4. The topological polar surface area (TPSA) is 70.1 Å². The van der Waals surface area contributed by atoms with Gasteiger partial charge < -0.3 is 19.6 Å². The molecule has 0 aliphatic carbocycles. The SMILES string of the molecule is CCCCN(CCCC)CCCN1C(=O)C(=O)/C(=C(\O)c2ccc(OC)cc2)C1c1ccc(C(C)(C)C)cc1. The Morgan fingerprint density at radius 3 is 1.97 bits per heavy atom. The summed E-state index contributed by atoms with van der Waals surface area (Å²) in [5, 5.41) is 11.3. The molecule has 1 amide bonds. The van der Waals surface area contributed by atoms with E-state index in [0.717, 1.165) is 57.3 Å². The molecule has 0 radical (unpaired) electrons. The molecule has 1 N–H and O–H groups in total. The van der Waals surface area contributed by atoms with Crippen LogP contribution in [0.1, 0.15) is 89.5 Å². The van der Waals surface area contributed by atoms with Gasteiger partial charge in [-0.3, -0.25) is 9.59 Å². The monoisotopic (exact) mass is 534 g/mol. The van der Waals surface area contributed by atoms with Gasteiger partial charge in [-0.2, -0.15) is 0 Å². The maximum Gasteiger partial charge on any atom is 0.295 e. The van der Waals surface area contributed by atoms with E-state index in [1.165, 1.54) is 5.56 Å². The quantitative estimate of drug-likeness (QED) is 0.176. The Kier molecular flexibility index (Phi) is 10.8. The predicted octanol–water partition coefficient (Wildman–Crippen LogP) is 6.71. The van der Waals surface area contributed by atoms with Gasteiger partial charge in [0, 0.05) is 12.1 Å². The molecule has 0 bridgehead atoms. The van der Waals surface area contributed by atoms with Crippen molar-refractivity contribution >= 4 is 17.4 Å². The Bertz CT molecular complexity index is 1120. The second-order valence-corrected chi connectivity index (χ2v) is 11.5. The molecule has 2 aromatic carbocycles. The van der Waals surface area contributed by atoms with E-state index < -0.39 is 17.7 Å². The average molecular weight is 535 g/mol. The molecule has 1 heterocycles. The highest BCUT2D eigenvalue weighted by atomic mass is 16.5. The van der Waals surface area contributed by atoms with Gasteiger partial charge in [0.25, 0.3) is 11.7 Å². The third-order valence-electron chi connectivity index (χ3n) is 7.53. The molecule has 1 fully saturated rings. The number of hydrogen-bond acceptors (Lipinski definition) is 5. The highest BCUT2D eigenvalue weighted by Crippen LogP contribution is 2.40. The minimum atomic E-state index is -0.638. The lowest BCUT2D eigenvalue weighted by Gasteiger charge is -2.28. The molecule has 1 unspecified atom stereocenters. The number of benzene rings is 2. The normalized spacial score (nSPS) is 17.3. The van der Waals surface area contributed by atoms with Crippen molar-refractivity contribution in [1.29, 1.82) is 0 Å². The lowest BCUT2D eigenvalue weighted by atomic mass is 9.85. The van der Waals surface area contributed by atoms with Crippen LogP contribution in [0.25, 0.3) is 5.76 Å². The van der Waals surface area contributed by atoms with Gasteiger partial charge >= 0.3 is 0 Å². The molecular weight excluding hydrogens is 488 g/mol. The second kappa shape index (κ2) is 13.8. The zero-order valence-electron chi connectivity index (χ0n) is 24.6. The van der Waals surface area contributed by atoms with E-state index >= 15 is 0 Å². The predicted molar refractivity (Wildman–Crippen MR) is 158 cm³/mol. The van der Waals surface area contributed by atoms with E-state index in [9.17, 15) is 14.7 Å². The van der Waals surface area contributed by atoms with Crippen LogP contribution in [0.2, 0.25) is 0 Å². The molecule has 1 aliphatic rings. The Balaban J connectivity index is 1.96. The van der Waals surface area contributed by atoms with Crippen molar-refractivity contribution in [3.63, 3.8) is 0 Å². The van der Waals surface area contributed by atoms with E-state index in [1.807, 2.05) is 12.1 Å². The van der Waals surface area contributed by atoms with Crippen molar-refractivity contribution in [2.75, 3.05) is 33.3 Å². The summed E-state index contributed by atoms with van der Waals surface area (Å²) in [4.78, 5) is 30.9. The van der Waals surface area contributed by atoms with Gasteiger partial charge in [0.2, 0.25) is 0 Å². The number of ketones is 1. The Morgan fingerprint density at radius 2 is 1.46 bits per heavy atom. The van der Waals surface area contributed by atoms with Crippen LogP contribution < -0.4 is 4.74 Å². The molecule has 39 heavy (non-hydrogen) atoms. The van der Waals surface area contributed by atoms with Crippen LogP contribution in [-0.4, -0.2) is 59.9 Å². The lowest BCUT2D eigenvalue weighted by Crippen LogP contribution is -2.34. The number of methoxy groups -OCH3 is 1. The first-order valence-corrected chi connectivity index (χ1v) is 14.4. The minimum Gasteiger partial charge on any atom is -0.507 e. The van der Waals surface area contributed by atoms with Crippen LogP contribution in [0.3, 0.4) is 0 Å². The largest absolute Gasteiger partial charge is 0.507 e. The molecular formula is C33H46N2O4. The minimum absolute atomic E-state index is 0.0239. The molecule has 0 aromatic heterocycles. The van der Waals surface area contributed by atoms with Crippen LogP contribution in [-0.2, 0) is 15.0 Å². The standard InChI is InChI=1S/C33H46N2O4/c1-7-9-20-34(21-10-8-2)22-11-23-35-29(24-12-16-26(17-13-24)33(3,4)5)28(31(37)32(35)38)30(36)25-14-18-27(39-6)19-15-25/h12-19,29,36H,7-11,20-23H2,1-6H3/b30-28-. The van der Waals surface area contributed by atoms with Crippen molar-refractivity contribution in [3.8, 4) is 5.75 Å². The first-order chi connectivity index (χ1) is 18.6. The van der Waals surface area contributed by atoms with E-state index in [-0.39, 0.29) is 16.7 Å². The van der Waals surface area contributed by atoms with E-state index in [2.05, 4.69) is 51.7 Å². The fourth-order valence-corrected chi connectivity index (χ4v) is 5.09. The van der Waals surface area contributed by atoms with Crippen molar-refractivity contribution in [2.45, 2.75) is 78.2 Å². The highest BCUT2D eigenvalue weighted by molar-refractivity contribution is 6.46. The number of ether oxygens (including phenoxy) is 1. The molecule has 212 valence electrons. The number of aliphatic hydroxyl groups is 1. The molecule has 1 saturated heterocycles. The number of carbonyl (C=O) groups excluding carboxylic acids is 2. The lowest BCUT2D eigenvalue weighted by molar-refractivity contribution is -0.140. The van der Waals surface area contributed by atoms with Gasteiger partial charge in [0.1, 0.15) is 11.5 Å². The van der Waals surface area contributed by atoms with Crippen LogP contribution >= 0.6 is 0 Å². The zero-order valence-corrected chi connectivity index (χ0v) is 24.6. The fourth-order valence-electron chi connectivity index (χ4n) is 5.09. The summed E-state index contributed by atoms with van der Waals surface area (Å²) >= 11 is 0. The van der Waals surface area contributed by atoms with Crippen LogP contribution in [0.5, 0.6) is 5.75 Å².